The van der Waals surface area contributed by atoms with Crippen LogP contribution in [-0.2, 0) is 9.53 Å². The van der Waals surface area contributed by atoms with Crippen LogP contribution in [0.2, 0.25) is 0 Å². The van der Waals surface area contributed by atoms with Gasteiger partial charge in [-0.15, -0.1) is 0 Å². The Morgan fingerprint density at radius 2 is 1.69 bits per heavy atom. The van der Waals surface area contributed by atoms with Gasteiger partial charge in [0.1, 0.15) is 0 Å². The molecule has 0 aromatic heterocycles. The van der Waals surface area contributed by atoms with Gasteiger partial charge in [0.2, 0.25) is 0 Å². The second-order valence-electron chi connectivity index (χ2n) is 8.04. The minimum Gasteiger partial charge on any atom is -0.468 e. The van der Waals surface area contributed by atoms with Gasteiger partial charge in [-0.25, -0.2) is 0 Å². The van der Waals surface area contributed by atoms with Crippen LogP contribution in [0.5, 0.6) is 0 Å². The Balaban J connectivity index is 0.000000290. The van der Waals surface area contributed by atoms with Crippen molar-refractivity contribution in [3.63, 3.8) is 0 Å². The second kappa shape index (κ2) is 17.1. The zero-order valence-electron chi connectivity index (χ0n) is 19.0. The molecule has 0 heterocycles. The molecule has 0 fully saturated rings. The fraction of sp³-hybridized carbons (Fsp3) is 0.593. The third kappa shape index (κ3) is 11.7. The van der Waals surface area contributed by atoms with Gasteiger partial charge in [0.05, 0.1) is 6.61 Å². The number of unbranched alkanes of at least 4 members (excludes halogenated alkanes) is 4. The van der Waals surface area contributed by atoms with Gasteiger partial charge in [0.15, 0.2) is 0 Å². The summed E-state index contributed by atoms with van der Waals surface area (Å²) in [5.41, 5.74) is 4.35. The molecule has 1 aromatic rings. The molecule has 1 aliphatic carbocycles. The fourth-order valence-corrected chi connectivity index (χ4v) is 3.80. The van der Waals surface area contributed by atoms with E-state index >= 15 is 0 Å². The minimum atomic E-state index is 0.574. The summed E-state index contributed by atoms with van der Waals surface area (Å²) in [7, 11) is 0. The molecule has 0 saturated heterocycles. The molecule has 0 spiro atoms. The molecule has 1 aliphatic rings. The average Bonchev–Trinajstić information content (AvgIpc) is 2.79. The van der Waals surface area contributed by atoms with E-state index in [-0.39, 0.29) is 0 Å². The molecule has 162 valence electrons. The zero-order valence-corrected chi connectivity index (χ0v) is 19.0. The number of carbonyl (C=O) groups excluding carboxylic acids is 1. The maximum Gasteiger partial charge on any atom is 0.293 e. The molecule has 0 amide bonds. The van der Waals surface area contributed by atoms with Crippen LogP contribution in [0, 0.1) is 5.92 Å². The van der Waals surface area contributed by atoms with Crippen LogP contribution in [0.4, 0.5) is 0 Å². The highest BCUT2D eigenvalue weighted by molar-refractivity contribution is 5.69. The lowest BCUT2D eigenvalue weighted by atomic mass is 9.91. The van der Waals surface area contributed by atoms with E-state index in [4.69, 9.17) is 4.74 Å². The van der Waals surface area contributed by atoms with Gasteiger partial charge in [0.25, 0.3) is 6.47 Å². The number of ether oxygens (including phenoxy) is 1. The van der Waals surface area contributed by atoms with Crippen molar-refractivity contribution in [2.45, 2.75) is 91.4 Å². The van der Waals surface area contributed by atoms with E-state index in [1.54, 1.807) is 0 Å². The molecule has 1 aromatic carbocycles. The lowest BCUT2D eigenvalue weighted by molar-refractivity contribution is -0.130. The predicted octanol–water partition coefficient (Wildman–Crippen LogP) is 8.14. The summed E-state index contributed by atoms with van der Waals surface area (Å²) in [6, 6.07) is 10.7. The standard InChI is InChI=1S/C14H16.C13H26O2/c1-2-12-7-6-10-14(11-12)13-8-4-3-5-9-13;1-3-5-7-8-10-13(9-6-4-2)11-15-12-14/h2-5,8-9,11H,6-7,10H2,1H3;12-13H,3-11H2,1-2H3/b12-2+;. The first-order valence-corrected chi connectivity index (χ1v) is 11.7. The molecule has 0 saturated carbocycles. The summed E-state index contributed by atoms with van der Waals surface area (Å²) in [6.07, 6.45) is 18.4. The smallest absolute Gasteiger partial charge is 0.293 e. The first-order chi connectivity index (χ1) is 14.2. The number of hydrogen-bond acceptors (Lipinski definition) is 2. The monoisotopic (exact) mass is 398 g/mol. The fourth-order valence-electron chi connectivity index (χ4n) is 3.80. The number of carbonyl (C=O) groups is 1. The highest BCUT2D eigenvalue weighted by atomic mass is 16.5. The molecule has 0 radical (unpaired) electrons. The molecule has 0 N–H and O–H groups in total. The van der Waals surface area contributed by atoms with Crippen molar-refractivity contribution in [1.82, 2.24) is 0 Å². The van der Waals surface area contributed by atoms with Crippen molar-refractivity contribution in [1.29, 1.82) is 0 Å². The van der Waals surface area contributed by atoms with E-state index in [0.717, 1.165) is 0 Å². The molecule has 1 atom stereocenters. The van der Waals surface area contributed by atoms with Crippen LogP contribution >= 0.6 is 0 Å². The van der Waals surface area contributed by atoms with Crippen LogP contribution in [0.1, 0.15) is 97.0 Å². The van der Waals surface area contributed by atoms with Crippen LogP contribution in [0.3, 0.4) is 0 Å². The number of benzene rings is 1. The van der Waals surface area contributed by atoms with E-state index in [1.807, 2.05) is 0 Å². The molecule has 1 unspecified atom stereocenters. The number of hydrogen-bond donors (Lipinski definition) is 0. The van der Waals surface area contributed by atoms with Gasteiger partial charge in [0, 0.05) is 0 Å². The molecule has 29 heavy (non-hydrogen) atoms. The lowest BCUT2D eigenvalue weighted by Crippen LogP contribution is -2.09. The van der Waals surface area contributed by atoms with Crippen LogP contribution < -0.4 is 0 Å². The normalized spacial score (nSPS) is 15.8. The highest BCUT2D eigenvalue weighted by Gasteiger charge is 2.09. The van der Waals surface area contributed by atoms with Crippen molar-refractivity contribution >= 4 is 12.0 Å². The summed E-state index contributed by atoms with van der Waals surface area (Å²) < 4.78 is 4.87. The molecule has 2 rings (SSSR count). The van der Waals surface area contributed by atoms with E-state index in [1.165, 1.54) is 87.3 Å². The maximum atomic E-state index is 10.1. The number of rotatable bonds is 12. The Morgan fingerprint density at radius 1 is 0.966 bits per heavy atom. The molecule has 0 aliphatic heterocycles. The summed E-state index contributed by atoms with van der Waals surface area (Å²) in [5, 5.41) is 0. The van der Waals surface area contributed by atoms with Gasteiger partial charge in [-0.1, -0.05) is 100 Å². The van der Waals surface area contributed by atoms with Gasteiger partial charge < -0.3 is 4.74 Å². The summed E-state index contributed by atoms with van der Waals surface area (Å²) in [4.78, 5) is 10.1. The Labute approximate surface area is 179 Å². The Hall–Kier alpha value is -1.83. The van der Waals surface area contributed by atoms with Crippen molar-refractivity contribution in [2.24, 2.45) is 5.92 Å². The average molecular weight is 399 g/mol. The number of allylic oxidation sites excluding steroid dienone is 4. The van der Waals surface area contributed by atoms with Crippen LogP contribution in [-0.4, -0.2) is 13.1 Å². The lowest BCUT2D eigenvalue weighted by Gasteiger charge is -2.15. The van der Waals surface area contributed by atoms with Crippen LogP contribution in [0.15, 0.2) is 48.1 Å². The Kier molecular flexibility index (Phi) is 14.8. The van der Waals surface area contributed by atoms with Crippen molar-refractivity contribution in [3.8, 4) is 0 Å². The van der Waals surface area contributed by atoms with Crippen molar-refractivity contribution in [3.05, 3.63) is 53.6 Å². The topological polar surface area (TPSA) is 26.3 Å². The van der Waals surface area contributed by atoms with Crippen molar-refractivity contribution < 1.29 is 9.53 Å². The van der Waals surface area contributed by atoms with E-state index in [2.05, 4.69) is 63.3 Å². The van der Waals surface area contributed by atoms with E-state index in [0.29, 0.717) is 19.0 Å². The zero-order chi connectivity index (χ0) is 21.2. The maximum absolute atomic E-state index is 10.1. The predicted molar refractivity (Wildman–Crippen MR) is 126 cm³/mol. The third-order valence-corrected chi connectivity index (χ3v) is 5.62. The summed E-state index contributed by atoms with van der Waals surface area (Å²) in [5.74, 6) is 0.590. The summed E-state index contributed by atoms with van der Waals surface area (Å²) in [6.45, 7) is 7.75. The molecular weight excluding hydrogens is 356 g/mol. The summed E-state index contributed by atoms with van der Waals surface area (Å²) >= 11 is 0. The first-order valence-electron chi connectivity index (χ1n) is 11.7. The quantitative estimate of drug-likeness (QED) is 0.262. The molecule has 0 bridgehead atoms. The molecule has 2 heteroatoms. The highest BCUT2D eigenvalue weighted by Crippen LogP contribution is 2.29. The van der Waals surface area contributed by atoms with Crippen LogP contribution in [0.25, 0.3) is 5.57 Å². The van der Waals surface area contributed by atoms with Gasteiger partial charge >= 0.3 is 0 Å². The second-order valence-corrected chi connectivity index (χ2v) is 8.04. The van der Waals surface area contributed by atoms with Gasteiger partial charge in [-0.05, 0) is 56.1 Å². The third-order valence-electron chi connectivity index (χ3n) is 5.62. The minimum absolute atomic E-state index is 0.574. The van der Waals surface area contributed by atoms with Gasteiger partial charge in [-0.2, -0.15) is 0 Å². The van der Waals surface area contributed by atoms with E-state index < -0.39 is 0 Å². The molecular formula is C27H42O2. The molecule has 2 nitrogen and oxygen atoms in total. The largest absolute Gasteiger partial charge is 0.468 e. The Morgan fingerprint density at radius 3 is 2.34 bits per heavy atom. The van der Waals surface area contributed by atoms with E-state index in [9.17, 15) is 4.79 Å². The first kappa shape index (κ1) is 25.2. The Bertz CT molecular complexity index is 586. The SMILES string of the molecule is C/C=C1/C=C(c2ccccc2)CCC1.CCCCCCC(CCCC)COC=O. The van der Waals surface area contributed by atoms with Crippen molar-refractivity contribution in [2.75, 3.05) is 6.61 Å². The van der Waals surface area contributed by atoms with Gasteiger partial charge in [-0.3, -0.25) is 4.79 Å².